The number of hydrogen-bond donors (Lipinski definition) is 1. The van der Waals surface area contributed by atoms with Crippen molar-refractivity contribution in [3.8, 4) is 17.1 Å². The van der Waals surface area contributed by atoms with Gasteiger partial charge >= 0.3 is 5.97 Å². The number of para-hydroxylation sites is 2. The largest absolute Gasteiger partial charge is 0.508 e. The summed E-state index contributed by atoms with van der Waals surface area (Å²) in [5.74, 6) is 2.46. The van der Waals surface area contributed by atoms with E-state index in [-0.39, 0.29) is 24.4 Å². The van der Waals surface area contributed by atoms with Crippen LogP contribution in [-0.2, 0) is 23.1 Å². The second-order valence-electron chi connectivity index (χ2n) is 9.36. The maximum Gasteiger partial charge on any atom is 0.348 e. The molecule has 164 valence electrons. The van der Waals surface area contributed by atoms with Gasteiger partial charge in [0.2, 0.25) is 0 Å². The number of phenolic OH excluding ortho intramolecular Hbond substituents is 1. The van der Waals surface area contributed by atoms with Crippen LogP contribution in [0, 0.1) is 17.8 Å². The second-order valence-corrected chi connectivity index (χ2v) is 9.36. The summed E-state index contributed by atoms with van der Waals surface area (Å²) < 4.78 is 10.2. The monoisotopic (exact) mass is 421 g/mol. The van der Waals surface area contributed by atoms with Crippen LogP contribution in [0.4, 0.5) is 0 Å². The third-order valence-electron chi connectivity index (χ3n) is 6.76. The van der Waals surface area contributed by atoms with E-state index in [9.17, 15) is 9.90 Å². The molecule has 1 fully saturated rings. The molecule has 0 amide bonds. The summed E-state index contributed by atoms with van der Waals surface area (Å²) in [5.41, 5.74) is 2.97. The molecule has 1 N–H and O–H groups in total. The van der Waals surface area contributed by atoms with E-state index in [0.29, 0.717) is 17.8 Å². The molecule has 5 nitrogen and oxygen atoms in total. The SMILES string of the molecule is CC(C)[C@@H]1CC[C@@H](C)CC1OC(=O)Cn1c(-c2ccc(O)cc2)[n+](C)c2ccccc21. The maximum atomic E-state index is 13.2. The number of carbonyl (C=O) groups is 1. The van der Waals surface area contributed by atoms with Crippen molar-refractivity contribution >= 4 is 17.0 Å². The first kappa shape index (κ1) is 21.4. The lowest BCUT2D eigenvalue weighted by molar-refractivity contribution is -0.634. The number of carbonyl (C=O) groups excluding carboxylic acids is 1. The molecule has 5 heteroatoms. The van der Waals surface area contributed by atoms with E-state index in [1.54, 1.807) is 12.1 Å². The van der Waals surface area contributed by atoms with Gasteiger partial charge in [0, 0.05) is 0 Å². The van der Waals surface area contributed by atoms with Gasteiger partial charge in [0.1, 0.15) is 11.9 Å². The van der Waals surface area contributed by atoms with E-state index in [4.69, 9.17) is 4.74 Å². The van der Waals surface area contributed by atoms with Gasteiger partial charge in [0.05, 0.1) is 12.6 Å². The standard InChI is InChI=1S/C26H32N2O3/c1-17(2)21-14-9-18(3)15-24(21)31-25(30)16-28-23-8-6-5-7-22(23)27(4)26(28)19-10-12-20(29)13-11-19/h5-8,10-13,17-18,21,24H,9,14-16H2,1-4H3/p+1/t18-,21+,24?/m1/s1. The average molecular weight is 422 g/mol. The number of phenols is 1. The molecule has 3 aromatic rings. The number of rotatable bonds is 5. The van der Waals surface area contributed by atoms with Gasteiger partial charge in [-0.25, -0.2) is 13.9 Å². The summed E-state index contributed by atoms with van der Waals surface area (Å²) in [5, 5.41) is 9.71. The molecule has 1 aliphatic carbocycles. The Morgan fingerprint density at radius 3 is 2.58 bits per heavy atom. The lowest BCUT2D eigenvalue weighted by Gasteiger charge is -2.36. The van der Waals surface area contributed by atoms with Gasteiger partial charge in [-0.2, -0.15) is 0 Å². The van der Waals surface area contributed by atoms with Crippen LogP contribution in [0.1, 0.15) is 40.0 Å². The number of aryl methyl sites for hydroxylation is 1. The lowest BCUT2D eigenvalue weighted by Crippen LogP contribution is -2.37. The average Bonchev–Trinajstić information content (AvgIpc) is 3.00. The molecule has 0 saturated heterocycles. The topological polar surface area (TPSA) is 55.3 Å². The summed E-state index contributed by atoms with van der Waals surface area (Å²) in [6, 6.07) is 15.2. The van der Waals surface area contributed by atoms with Gasteiger partial charge in [-0.05, 0) is 67.0 Å². The van der Waals surface area contributed by atoms with Crippen molar-refractivity contribution in [2.75, 3.05) is 0 Å². The van der Waals surface area contributed by atoms with Crippen LogP contribution in [0.25, 0.3) is 22.4 Å². The minimum atomic E-state index is -0.189. The minimum Gasteiger partial charge on any atom is -0.508 e. The Morgan fingerprint density at radius 1 is 1.16 bits per heavy atom. The Bertz CT molecular complexity index is 1070. The fraction of sp³-hybridized carbons (Fsp3) is 0.462. The molecule has 0 aliphatic heterocycles. The molecule has 0 radical (unpaired) electrons. The van der Waals surface area contributed by atoms with Crippen molar-refractivity contribution in [1.82, 2.24) is 4.57 Å². The van der Waals surface area contributed by atoms with Gasteiger partial charge in [0.15, 0.2) is 17.6 Å². The highest BCUT2D eigenvalue weighted by molar-refractivity contribution is 5.79. The molecular formula is C26H33N2O3+. The van der Waals surface area contributed by atoms with Crippen LogP contribution in [0.2, 0.25) is 0 Å². The Labute approximate surface area is 184 Å². The highest BCUT2D eigenvalue weighted by Gasteiger charge is 2.34. The van der Waals surface area contributed by atoms with Crippen LogP contribution in [0.15, 0.2) is 48.5 Å². The predicted molar refractivity (Wildman–Crippen MR) is 121 cm³/mol. The minimum absolute atomic E-state index is 0.0102. The predicted octanol–water partition coefficient (Wildman–Crippen LogP) is 4.84. The summed E-state index contributed by atoms with van der Waals surface area (Å²) >= 11 is 0. The van der Waals surface area contributed by atoms with Gasteiger partial charge in [-0.15, -0.1) is 0 Å². The van der Waals surface area contributed by atoms with E-state index < -0.39 is 0 Å². The summed E-state index contributed by atoms with van der Waals surface area (Å²) in [6.07, 6.45) is 3.26. The number of aromatic hydroxyl groups is 1. The van der Waals surface area contributed by atoms with E-state index in [2.05, 4.69) is 31.4 Å². The highest BCUT2D eigenvalue weighted by Crippen LogP contribution is 2.35. The molecule has 3 atom stereocenters. The number of hydrogen-bond acceptors (Lipinski definition) is 3. The zero-order valence-corrected chi connectivity index (χ0v) is 18.9. The van der Waals surface area contributed by atoms with Crippen molar-refractivity contribution < 1.29 is 19.2 Å². The van der Waals surface area contributed by atoms with Crippen molar-refractivity contribution in [3.05, 3.63) is 48.5 Å². The van der Waals surface area contributed by atoms with Crippen LogP contribution in [-0.4, -0.2) is 21.7 Å². The van der Waals surface area contributed by atoms with Crippen molar-refractivity contribution in [1.29, 1.82) is 0 Å². The Balaban J connectivity index is 1.67. The van der Waals surface area contributed by atoms with Crippen molar-refractivity contribution in [2.45, 2.75) is 52.7 Å². The molecular weight excluding hydrogens is 388 g/mol. The fourth-order valence-corrected chi connectivity index (χ4v) is 5.09. The van der Waals surface area contributed by atoms with Crippen LogP contribution < -0.4 is 4.57 Å². The highest BCUT2D eigenvalue weighted by atomic mass is 16.5. The normalized spacial score (nSPS) is 21.5. The molecule has 1 aromatic heterocycles. The fourth-order valence-electron chi connectivity index (χ4n) is 5.09. The molecule has 0 bridgehead atoms. The number of imidazole rings is 1. The first-order valence-corrected chi connectivity index (χ1v) is 11.3. The van der Waals surface area contributed by atoms with Crippen LogP contribution in [0.5, 0.6) is 5.75 Å². The van der Waals surface area contributed by atoms with Gasteiger partial charge < -0.3 is 9.84 Å². The molecule has 1 saturated carbocycles. The summed E-state index contributed by atoms with van der Waals surface area (Å²) in [4.78, 5) is 13.2. The third-order valence-corrected chi connectivity index (χ3v) is 6.76. The van der Waals surface area contributed by atoms with Gasteiger partial charge in [-0.1, -0.05) is 39.3 Å². The number of nitrogens with zero attached hydrogens (tertiary/aromatic N) is 2. The Hall–Kier alpha value is -2.82. The first-order valence-electron chi connectivity index (χ1n) is 11.3. The molecule has 4 rings (SSSR count). The lowest BCUT2D eigenvalue weighted by atomic mass is 9.75. The number of benzene rings is 2. The van der Waals surface area contributed by atoms with Crippen LogP contribution >= 0.6 is 0 Å². The third kappa shape index (κ3) is 4.32. The number of fused-ring (bicyclic) bond motifs is 1. The van der Waals surface area contributed by atoms with Crippen molar-refractivity contribution in [3.63, 3.8) is 0 Å². The summed E-state index contributed by atoms with van der Waals surface area (Å²) in [6.45, 7) is 6.86. The molecule has 2 aromatic carbocycles. The van der Waals surface area contributed by atoms with E-state index in [0.717, 1.165) is 35.3 Å². The molecule has 1 unspecified atom stereocenters. The molecule has 1 heterocycles. The van der Waals surface area contributed by atoms with E-state index >= 15 is 0 Å². The zero-order valence-electron chi connectivity index (χ0n) is 18.9. The molecule has 0 spiro atoms. The summed E-state index contributed by atoms with van der Waals surface area (Å²) in [7, 11) is 2.00. The molecule has 1 aliphatic rings. The Morgan fingerprint density at radius 2 is 1.87 bits per heavy atom. The maximum absolute atomic E-state index is 13.2. The van der Waals surface area contributed by atoms with Gasteiger partial charge in [0.25, 0.3) is 5.82 Å². The first-order chi connectivity index (χ1) is 14.8. The van der Waals surface area contributed by atoms with E-state index in [1.807, 2.05) is 41.9 Å². The zero-order chi connectivity index (χ0) is 22.1. The van der Waals surface area contributed by atoms with E-state index in [1.165, 1.54) is 6.42 Å². The number of ether oxygens (including phenoxy) is 1. The van der Waals surface area contributed by atoms with Crippen LogP contribution in [0.3, 0.4) is 0 Å². The number of esters is 1. The molecule has 31 heavy (non-hydrogen) atoms. The Kier molecular flexibility index (Phi) is 6.03. The van der Waals surface area contributed by atoms with Crippen molar-refractivity contribution in [2.24, 2.45) is 24.8 Å². The second kappa shape index (κ2) is 8.74. The van der Waals surface area contributed by atoms with Gasteiger partial charge in [-0.3, -0.25) is 0 Å². The quantitative estimate of drug-likeness (QED) is 0.474. The smallest absolute Gasteiger partial charge is 0.348 e. The number of aromatic nitrogens is 2.